The topological polar surface area (TPSA) is 84.9 Å². The number of nitrogens with zero attached hydrogens (tertiary/aromatic N) is 1. The molecule has 7 nitrogen and oxygen atoms in total. The second kappa shape index (κ2) is 10.0. The molecule has 1 N–H and O–H groups in total. The number of anilines is 1. The van der Waals surface area contributed by atoms with Gasteiger partial charge in [0.2, 0.25) is 15.9 Å². The monoisotopic (exact) mass is 454 g/mol. The van der Waals surface area contributed by atoms with Gasteiger partial charge in [0.25, 0.3) is 0 Å². The number of aryl methyl sites for hydroxylation is 2. The van der Waals surface area contributed by atoms with Crippen molar-refractivity contribution >= 4 is 33.2 Å². The summed E-state index contributed by atoms with van der Waals surface area (Å²) in [4.78, 5) is 12.7. The minimum Gasteiger partial charge on any atom is -0.495 e. The third-order valence-corrected chi connectivity index (χ3v) is 6.08. The van der Waals surface area contributed by atoms with Crippen LogP contribution in [0.25, 0.3) is 0 Å². The summed E-state index contributed by atoms with van der Waals surface area (Å²) in [5.41, 5.74) is 2.48. The molecule has 1 atom stereocenters. The summed E-state index contributed by atoms with van der Waals surface area (Å²) >= 11 is 6.04. The Morgan fingerprint density at radius 2 is 1.87 bits per heavy atom. The van der Waals surface area contributed by atoms with Crippen LogP contribution in [0.1, 0.15) is 18.1 Å². The van der Waals surface area contributed by atoms with Gasteiger partial charge >= 0.3 is 0 Å². The molecule has 1 unspecified atom stereocenters. The molecule has 30 heavy (non-hydrogen) atoms. The van der Waals surface area contributed by atoms with E-state index in [1.807, 2.05) is 32.0 Å². The fourth-order valence-corrected chi connectivity index (χ4v) is 4.25. The molecule has 0 fully saturated rings. The summed E-state index contributed by atoms with van der Waals surface area (Å²) in [6, 6.07) is 9.33. The predicted molar refractivity (Wildman–Crippen MR) is 119 cm³/mol. The van der Waals surface area contributed by atoms with Gasteiger partial charge in [0.1, 0.15) is 24.1 Å². The summed E-state index contributed by atoms with van der Waals surface area (Å²) in [6.45, 7) is 5.99. The number of carbonyl (C=O) groups excluding carboxylic acids is 1. The lowest BCUT2D eigenvalue weighted by Gasteiger charge is -2.29. The molecule has 0 radical (unpaired) electrons. The molecule has 0 heterocycles. The van der Waals surface area contributed by atoms with Crippen LogP contribution in [0.4, 0.5) is 5.69 Å². The lowest BCUT2D eigenvalue weighted by Crippen LogP contribution is -2.48. The summed E-state index contributed by atoms with van der Waals surface area (Å²) in [7, 11) is -2.37. The van der Waals surface area contributed by atoms with E-state index in [-0.39, 0.29) is 18.8 Å². The number of hydrogen-bond acceptors (Lipinski definition) is 5. The zero-order valence-electron chi connectivity index (χ0n) is 17.7. The molecule has 2 aromatic rings. The minimum absolute atomic E-state index is 0.196. The number of amides is 1. The standard InChI is InChI=1S/C21H27ClN2O5S/c1-14-6-8-18(12-15(14)2)29-11-10-23-21(25)16(3)24(30(5,26)27)19-13-17(22)7-9-20(19)28-4/h6-9,12-13,16H,10-11H2,1-5H3,(H,23,25). The van der Waals surface area contributed by atoms with Gasteiger partial charge in [-0.3, -0.25) is 9.10 Å². The Kier molecular flexibility index (Phi) is 7.97. The summed E-state index contributed by atoms with van der Waals surface area (Å²) in [5, 5.41) is 3.04. The Morgan fingerprint density at radius 1 is 1.17 bits per heavy atom. The minimum atomic E-state index is -3.79. The Balaban J connectivity index is 2.07. The van der Waals surface area contributed by atoms with E-state index >= 15 is 0 Å². The van der Waals surface area contributed by atoms with Crippen molar-refractivity contribution in [3.8, 4) is 11.5 Å². The van der Waals surface area contributed by atoms with Crippen molar-refractivity contribution in [2.45, 2.75) is 26.8 Å². The molecule has 0 saturated heterocycles. The van der Waals surface area contributed by atoms with Crippen LogP contribution in [0.3, 0.4) is 0 Å². The van der Waals surface area contributed by atoms with Crippen LogP contribution in [-0.2, 0) is 14.8 Å². The zero-order valence-corrected chi connectivity index (χ0v) is 19.3. The van der Waals surface area contributed by atoms with E-state index < -0.39 is 22.0 Å². The molecular formula is C21H27ClN2O5S. The number of nitrogens with one attached hydrogen (secondary N) is 1. The normalized spacial score (nSPS) is 12.2. The van der Waals surface area contributed by atoms with E-state index in [1.165, 1.54) is 25.7 Å². The fraction of sp³-hybridized carbons (Fsp3) is 0.381. The summed E-state index contributed by atoms with van der Waals surface area (Å²) < 4.78 is 36.8. The largest absolute Gasteiger partial charge is 0.495 e. The highest BCUT2D eigenvalue weighted by Gasteiger charge is 2.31. The van der Waals surface area contributed by atoms with Crippen LogP contribution in [0, 0.1) is 13.8 Å². The van der Waals surface area contributed by atoms with Crippen molar-refractivity contribution in [2.24, 2.45) is 0 Å². The number of sulfonamides is 1. The van der Waals surface area contributed by atoms with Crippen molar-refractivity contribution in [3.63, 3.8) is 0 Å². The lowest BCUT2D eigenvalue weighted by atomic mass is 10.1. The van der Waals surface area contributed by atoms with Crippen LogP contribution >= 0.6 is 11.6 Å². The molecule has 0 spiro atoms. The lowest BCUT2D eigenvalue weighted by molar-refractivity contribution is -0.121. The van der Waals surface area contributed by atoms with E-state index in [0.29, 0.717) is 16.5 Å². The first kappa shape index (κ1) is 23.8. The van der Waals surface area contributed by atoms with Crippen molar-refractivity contribution < 1.29 is 22.7 Å². The number of rotatable bonds is 9. The Bertz CT molecular complexity index is 1010. The molecule has 1 amide bonds. The number of methoxy groups -OCH3 is 1. The number of halogens is 1. The van der Waals surface area contributed by atoms with Gasteiger partial charge in [-0.05, 0) is 62.2 Å². The van der Waals surface area contributed by atoms with E-state index in [1.54, 1.807) is 12.1 Å². The van der Waals surface area contributed by atoms with Crippen LogP contribution in [-0.4, -0.2) is 46.9 Å². The molecule has 164 valence electrons. The van der Waals surface area contributed by atoms with Gasteiger partial charge in [0.05, 0.1) is 25.6 Å². The molecule has 0 bridgehead atoms. The second-order valence-corrected chi connectivity index (χ2v) is 9.23. The molecule has 0 saturated carbocycles. The van der Waals surface area contributed by atoms with Gasteiger partial charge in [0.15, 0.2) is 0 Å². The molecule has 2 aromatic carbocycles. The van der Waals surface area contributed by atoms with Crippen molar-refractivity contribution in [1.82, 2.24) is 5.32 Å². The van der Waals surface area contributed by atoms with Gasteiger partial charge in [-0.1, -0.05) is 17.7 Å². The Hall–Kier alpha value is -2.45. The first-order chi connectivity index (χ1) is 14.0. The molecule has 0 aromatic heterocycles. The summed E-state index contributed by atoms with van der Waals surface area (Å²) in [6.07, 6.45) is 1.03. The maximum atomic E-state index is 12.7. The third kappa shape index (κ3) is 6.03. The van der Waals surface area contributed by atoms with Crippen molar-refractivity contribution in [3.05, 3.63) is 52.5 Å². The van der Waals surface area contributed by atoms with E-state index in [2.05, 4.69) is 5.32 Å². The maximum absolute atomic E-state index is 12.7. The van der Waals surface area contributed by atoms with Gasteiger partial charge in [0, 0.05) is 5.02 Å². The third-order valence-electron chi connectivity index (χ3n) is 4.62. The number of benzene rings is 2. The Labute approximate surface area is 183 Å². The van der Waals surface area contributed by atoms with Crippen molar-refractivity contribution in [1.29, 1.82) is 0 Å². The smallest absolute Gasteiger partial charge is 0.243 e. The highest BCUT2D eigenvalue weighted by atomic mass is 35.5. The van der Waals surface area contributed by atoms with Gasteiger partial charge in [-0.15, -0.1) is 0 Å². The maximum Gasteiger partial charge on any atom is 0.243 e. The Morgan fingerprint density at radius 3 is 2.47 bits per heavy atom. The molecule has 0 aliphatic carbocycles. The van der Waals surface area contributed by atoms with Crippen LogP contribution in [0.15, 0.2) is 36.4 Å². The molecule has 0 aliphatic heterocycles. The highest BCUT2D eigenvalue weighted by molar-refractivity contribution is 7.92. The molecule has 9 heteroatoms. The average Bonchev–Trinajstić information content (AvgIpc) is 2.67. The van der Waals surface area contributed by atoms with E-state index in [4.69, 9.17) is 21.1 Å². The fourth-order valence-electron chi connectivity index (χ4n) is 2.91. The zero-order chi connectivity index (χ0) is 22.5. The number of hydrogen-bond donors (Lipinski definition) is 1. The number of carbonyl (C=O) groups is 1. The SMILES string of the molecule is COc1ccc(Cl)cc1N(C(C)C(=O)NCCOc1ccc(C)c(C)c1)S(C)(=O)=O. The van der Waals surface area contributed by atoms with Crippen molar-refractivity contribution in [2.75, 3.05) is 30.8 Å². The van der Waals surface area contributed by atoms with E-state index in [0.717, 1.165) is 16.1 Å². The molecular weight excluding hydrogens is 428 g/mol. The first-order valence-electron chi connectivity index (χ1n) is 9.35. The summed E-state index contributed by atoms with van der Waals surface area (Å²) in [5.74, 6) is 0.538. The molecule has 0 aliphatic rings. The van der Waals surface area contributed by atoms with Gasteiger partial charge in [-0.25, -0.2) is 8.42 Å². The molecule has 2 rings (SSSR count). The van der Waals surface area contributed by atoms with Gasteiger partial charge in [-0.2, -0.15) is 0 Å². The average molecular weight is 455 g/mol. The van der Waals surface area contributed by atoms with Crippen LogP contribution < -0.4 is 19.1 Å². The van der Waals surface area contributed by atoms with Crippen LogP contribution in [0.5, 0.6) is 11.5 Å². The van der Waals surface area contributed by atoms with E-state index in [9.17, 15) is 13.2 Å². The first-order valence-corrected chi connectivity index (χ1v) is 11.6. The van der Waals surface area contributed by atoms with Crippen LogP contribution in [0.2, 0.25) is 5.02 Å². The second-order valence-electron chi connectivity index (χ2n) is 6.94. The predicted octanol–water partition coefficient (Wildman–Crippen LogP) is 3.32. The number of ether oxygens (including phenoxy) is 2. The van der Waals surface area contributed by atoms with Gasteiger partial charge < -0.3 is 14.8 Å². The quantitative estimate of drug-likeness (QED) is 0.587. The highest BCUT2D eigenvalue weighted by Crippen LogP contribution is 2.34.